The highest BCUT2D eigenvalue weighted by atomic mass is 16.7. The molecule has 1 saturated carbocycles. The summed E-state index contributed by atoms with van der Waals surface area (Å²) in [5, 5.41) is 3.34. The van der Waals surface area contributed by atoms with E-state index >= 15 is 0 Å². The van der Waals surface area contributed by atoms with Crippen molar-refractivity contribution in [1.82, 2.24) is 5.32 Å². The van der Waals surface area contributed by atoms with Gasteiger partial charge in [0.1, 0.15) is 0 Å². The highest BCUT2D eigenvalue weighted by Gasteiger charge is 2.45. The lowest BCUT2D eigenvalue weighted by Gasteiger charge is -2.40. The van der Waals surface area contributed by atoms with E-state index in [4.69, 9.17) is 18.9 Å². The standard InChI is InChI=1S/C15H29NO4/c1-3-4-7-17-8-9-18-14-12-15(19-10-11-20-15)6-5-13(14)16-2/h13-14,16H,3-12H2,1-2H3. The van der Waals surface area contributed by atoms with Crippen LogP contribution >= 0.6 is 0 Å². The van der Waals surface area contributed by atoms with Gasteiger partial charge in [-0.15, -0.1) is 0 Å². The number of nitrogens with one attached hydrogen (secondary N) is 1. The van der Waals surface area contributed by atoms with Gasteiger partial charge < -0.3 is 24.3 Å². The molecule has 5 nitrogen and oxygen atoms in total. The molecule has 0 bridgehead atoms. The van der Waals surface area contributed by atoms with E-state index in [2.05, 4.69) is 12.2 Å². The lowest BCUT2D eigenvalue weighted by atomic mass is 9.87. The molecule has 0 aromatic heterocycles. The van der Waals surface area contributed by atoms with Crippen molar-refractivity contribution < 1.29 is 18.9 Å². The minimum atomic E-state index is -0.388. The van der Waals surface area contributed by atoms with Crippen LogP contribution < -0.4 is 5.32 Å². The molecule has 1 aliphatic heterocycles. The minimum Gasteiger partial charge on any atom is -0.379 e. The van der Waals surface area contributed by atoms with Gasteiger partial charge in [-0.2, -0.15) is 0 Å². The van der Waals surface area contributed by atoms with Gasteiger partial charge in [-0.05, 0) is 19.9 Å². The molecule has 0 aromatic rings. The van der Waals surface area contributed by atoms with Crippen LogP contribution in [0, 0.1) is 0 Å². The van der Waals surface area contributed by atoms with Crippen LogP contribution in [0.15, 0.2) is 0 Å². The third-order valence-electron chi connectivity index (χ3n) is 4.18. The Bertz CT molecular complexity index is 269. The van der Waals surface area contributed by atoms with E-state index in [1.54, 1.807) is 0 Å². The molecule has 5 heteroatoms. The molecule has 2 unspecified atom stereocenters. The van der Waals surface area contributed by atoms with Gasteiger partial charge in [0.25, 0.3) is 0 Å². The van der Waals surface area contributed by atoms with E-state index in [0.29, 0.717) is 32.5 Å². The van der Waals surface area contributed by atoms with E-state index < -0.39 is 0 Å². The van der Waals surface area contributed by atoms with Crippen LogP contribution in [0.4, 0.5) is 0 Å². The fourth-order valence-corrected chi connectivity index (χ4v) is 2.98. The number of likely N-dealkylation sites (N-methyl/N-ethyl adjacent to an activating group) is 1. The van der Waals surface area contributed by atoms with E-state index in [9.17, 15) is 0 Å². The zero-order valence-corrected chi connectivity index (χ0v) is 12.9. The van der Waals surface area contributed by atoms with Crippen molar-refractivity contribution in [2.24, 2.45) is 0 Å². The number of hydrogen-bond acceptors (Lipinski definition) is 5. The highest BCUT2D eigenvalue weighted by molar-refractivity contribution is 4.91. The Morgan fingerprint density at radius 1 is 1.20 bits per heavy atom. The Morgan fingerprint density at radius 3 is 2.70 bits per heavy atom. The van der Waals surface area contributed by atoms with Crippen molar-refractivity contribution in [2.75, 3.05) is 40.1 Å². The Kier molecular flexibility index (Phi) is 6.71. The largest absolute Gasteiger partial charge is 0.379 e. The van der Waals surface area contributed by atoms with Crippen LogP contribution in [0.25, 0.3) is 0 Å². The molecular formula is C15H29NO4. The van der Waals surface area contributed by atoms with Crippen LogP contribution in [0.1, 0.15) is 39.0 Å². The molecule has 1 aliphatic carbocycles. The molecule has 20 heavy (non-hydrogen) atoms. The third-order valence-corrected chi connectivity index (χ3v) is 4.18. The fraction of sp³-hybridized carbons (Fsp3) is 1.00. The van der Waals surface area contributed by atoms with Gasteiger partial charge in [-0.3, -0.25) is 0 Å². The van der Waals surface area contributed by atoms with Crippen molar-refractivity contribution in [3.8, 4) is 0 Å². The van der Waals surface area contributed by atoms with E-state index in [0.717, 1.165) is 32.3 Å². The molecule has 1 heterocycles. The summed E-state index contributed by atoms with van der Waals surface area (Å²) >= 11 is 0. The van der Waals surface area contributed by atoms with Gasteiger partial charge in [0.2, 0.25) is 0 Å². The molecule has 118 valence electrons. The maximum atomic E-state index is 6.01. The SMILES string of the molecule is CCCCOCCOC1CC2(CCC1NC)OCCO2. The molecule has 0 radical (unpaired) electrons. The van der Waals surface area contributed by atoms with Crippen molar-refractivity contribution in [1.29, 1.82) is 0 Å². The summed E-state index contributed by atoms with van der Waals surface area (Å²) < 4.78 is 23.2. The van der Waals surface area contributed by atoms with Gasteiger partial charge in [0.05, 0.1) is 32.5 Å². The predicted octanol–water partition coefficient (Wildman–Crippen LogP) is 1.70. The molecule has 1 spiro atoms. The number of unbranched alkanes of at least 4 members (excludes halogenated alkanes) is 1. The van der Waals surface area contributed by atoms with Gasteiger partial charge in [0.15, 0.2) is 5.79 Å². The van der Waals surface area contributed by atoms with Crippen molar-refractivity contribution in [3.05, 3.63) is 0 Å². The summed E-state index contributed by atoms with van der Waals surface area (Å²) in [6.07, 6.45) is 5.22. The summed E-state index contributed by atoms with van der Waals surface area (Å²) in [5.41, 5.74) is 0. The maximum Gasteiger partial charge on any atom is 0.171 e. The van der Waals surface area contributed by atoms with Crippen molar-refractivity contribution in [3.63, 3.8) is 0 Å². The monoisotopic (exact) mass is 287 g/mol. The van der Waals surface area contributed by atoms with Gasteiger partial charge in [0, 0.05) is 25.5 Å². The normalized spacial score (nSPS) is 29.1. The molecule has 2 atom stereocenters. The van der Waals surface area contributed by atoms with Crippen LogP contribution in [0.2, 0.25) is 0 Å². The predicted molar refractivity (Wildman–Crippen MR) is 76.8 cm³/mol. The van der Waals surface area contributed by atoms with E-state index in [1.807, 2.05) is 7.05 Å². The van der Waals surface area contributed by atoms with Gasteiger partial charge in [-0.1, -0.05) is 13.3 Å². The Hall–Kier alpha value is -0.200. The van der Waals surface area contributed by atoms with Crippen molar-refractivity contribution >= 4 is 0 Å². The lowest BCUT2D eigenvalue weighted by molar-refractivity contribution is -0.207. The summed E-state index contributed by atoms with van der Waals surface area (Å²) in [4.78, 5) is 0. The minimum absolute atomic E-state index is 0.140. The average Bonchev–Trinajstić information content (AvgIpc) is 2.91. The number of ether oxygens (including phenoxy) is 4. The summed E-state index contributed by atoms with van der Waals surface area (Å²) in [5.74, 6) is -0.388. The topological polar surface area (TPSA) is 49.0 Å². The molecule has 2 rings (SSSR count). The van der Waals surface area contributed by atoms with Crippen LogP contribution in [-0.2, 0) is 18.9 Å². The van der Waals surface area contributed by atoms with Gasteiger partial charge in [-0.25, -0.2) is 0 Å². The van der Waals surface area contributed by atoms with Crippen molar-refractivity contribution in [2.45, 2.75) is 57.0 Å². The van der Waals surface area contributed by atoms with E-state index in [-0.39, 0.29) is 11.9 Å². The molecule has 0 aromatic carbocycles. The second kappa shape index (κ2) is 8.29. The quantitative estimate of drug-likeness (QED) is 0.689. The fourth-order valence-electron chi connectivity index (χ4n) is 2.98. The Morgan fingerprint density at radius 2 is 2.00 bits per heavy atom. The Labute approximate surface area is 122 Å². The molecule has 2 fully saturated rings. The summed E-state index contributed by atoms with van der Waals surface area (Å²) in [7, 11) is 1.99. The first-order valence-electron chi connectivity index (χ1n) is 7.94. The zero-order valence-electron chi connectivity index (χ0n) is 12.9. The first-order chi connectivity index (χ1) is 9.79. The second-order valence-corrected chi connectivity index (χ2v) is 5.62. The van der Waals surface area contributed by atoms with Crippen LogP contribution in [-0.4, -0.2) is 58.0 Å². The average molecular weight is 287 g/mol. The first kappa shape index (κ1) is 16.2. The first-order valence-corrected chi connectivity index (χ1v) is 7.94. The summed E-state index contributed by atoms with van der Waals surface area (Å²) in [6.45, 7) is 5.72. The van der Waals surface area contributed by atoms with Crippen LogP contribution in [0.5, 0.6) is 0 Å². The highest BCUT2D eigenvalue weighted by Crippen LogP contribution is 2.37. The van der Waals surface area contributed by atoms with Gasteiger partial charge >= 0.3 is 0 Å². The molecular weight excluding hydrogens is 258 g/mol. The second-order valence-electron chi connectivity index (χ2n) is 5.62. The smallest absolute Gasteiger partial charge is 0.171 e. The molecule has 0 amide bonds. The number of hydrogen-bond donors (Lipinski definition) is 1. The Balaban J connectivity index is 1.71. The molecule has 1 N–H and O–H groups in total. The summed E-state index contributed by atoms with van der Waals surface area (Å²) in [6, 6.07) is 0.379. The zero-order chi connectivity index (χ0) is 14.3. The molecule has 1 saturated heterocycles. The van der Waals surface area contributed by atoms with E-state index in [1.165, 1.54) is 6.42 Å². The van der Waals surface area contributed by atoms with Crippen LogP contribution in [0.3, 0.4) is 0 Å². The maximum absolute atomic E-state index is 6.01. The number of rotatable bonds is 8. The third kappa shape index (κ3) is 4.40. The molecule has 2 aliphatic rings. The lowest BCUT2D eigenvalue weighted by Crippen LogP contribution is -2.51.